The SMILES string of the molecule is CCS(=O)(=O)c1ccc(CC(=O)Nc2ccc(C(=O)C3(c4cnc(C)nc4)CC(F)(F)C3)nc2)cc1. The van der Waals surface area contributed by atoms with Gasteiger partial charge in [0, 0.05) is 30.8 Å². The van der Waals surface area contributed by atoms with Gasteiger partial charge in [-0.05, 0) is 36.8 Å². The van der Waals surface area contributed by atoms with Crippen LogP contribution in [0.5, 0.6) is 0 Å². The molecule has 1 amide bonds. The smallest absolute Gasteiger partial charge is 0.250 e. The second kappa shape index (κ2) is 9.45. The van der Waals surface area contributed by atoms with Crippen molar-refractivity contribution in [2.75, 3.05) is 11.1 Å². The van der Waals surface area contributed by atoms with Gasteiger partial charge in [-0.2, -0.15) is 0 Å². The third kappa shape index (κ3) is 5.15. The fourth-order valence-electron chi connectivity index (χ4n) is 4.19. The second-order valence-electron chi connectivity index (χ2n) is 8.84. The molecule has 4 rings (SSSR count). The molecule has 0 saturated heterocycles. The summed E-state index contributed by atoms with van der Waals surface area (Å²) in [5.41, 5.74) is -0.187. The molecule has 1 fully saturated rings. The Balaban J connectivity index is 1.44. The van der Waals surface area contributed by atoms with Gasteiger partial charge in [-0.15, -0.1) is 0 Å². The van der Waals surface area contributed by atoms with Gasteiger partial charge in [-0.25, -0.2) is 27.2 Å². The first-order valence-electron chi connectivity index (χ1n) is 11.2. The fourth-order valence-corrected chi connectivity index (χ4v) is 5.07. The summed E-state index contributed by atoms with van der Waals surface area (Å²) in [5, 5.41) is 2.66. The number of nitrogens with zero attached hydrogens (tertiary/aromatic N) is 3. The number of benzene rings is 1. The molecule has 1 saturated carbocycles. The highest BCUT2D eigenvalue weighted by molar-refractivity contribution is 7.91. The van der Waals surface area contributed by atoms with Crippen LogP contribution in [0.15, 0.2) is 59.9 Å². The number of rotatable bonds is 8. The number of hydrogen-bond donors (Lipinski definition) is 1. The van der Waals surface area contributed by atoms with E-state index in [1.54, 1.807) is 26.0 Å². The lowest BCUT2D eigenvalue weighted by atomic mass is 9.59. The monoisotopic (exact) mass is 514 g/mol. The largest absolute Gasteiger partial charge is 0.324 e. The lowest BCUT2D eigenvalue weighted by molar-refractivity contribution is -0.115. The van der Waals surface area contributed by atoms with E-state index in [1.165, 1.54) is 42.9 Å². The van der Waals surface area contributed by atoms with Crippen molar-refractivity contribution in [1.29, 1.82) is 0 Å². The van der Waals surface area contributed by atoms with Gasteiger partial charge in [0.15, 0.2) is 15.6 Å². The molecule has 0 bridgehead atoms. The third-order valence-corrected chi connectivity index (χ3v) is 7.95. The molecule has 188 valence electrons. The van der Waals surface area contributed by atoms with Gasteiger partial charge in [0.2, 0.25) is 5.91 Å². The number of alkyl halides is 2. The van der Waals surface area contributed by atoms with E-state index in [0.29, 0.717) is 22.6 Å². The quantitative estimate of drug-likeness (QED) is 0.455. The summed E-state index contributed by atoms with van der Waals surface area (Å²) in [4.78, 5) is 38.0. The highest BCUT2D eigenvalue weighted by Crippen LogP contribution is 2.54. The van der Waals surface area contributed by atoms with Gasteiger partial charge >= 0.3 is 0 Å². The van der Waals surface area contributed by atoms with E-state index in [-0.39, 0.29) is 28.7 Å². The Morgan fingerprint density at radius 2 is 1.61 bits per heavy atom. The predicted molar refractivity (Wildman–Crippen MR) is 128 cm³/mol. The number of sulfone groups is 1. The summed E-state index contributed by atoms with van der Waals surface area (Å²) in [5.74, 6) is -3.43. The molecule has 0 atom stereocenters. The molecule has 2 aromatic heterocycles. The Morgan fingerprint density at radius 1 is 0.972 bits per heavy atom. The van der Waals surface area contributed by atoms with Crippen LogP contribution < -0.4 is 5.32 Å². The molecular formula is C25H24F2N4O4S. The Kier molecular flexibility index (Phi) is 6.70. The van der Waals surface area contributed by atoms with Crippen molar-refractivity contribution < 1.29 is 26.8 Å². The molecule has 1 aliphatic rings. The van der Waals surface area contributed by atoms with E-state index < -0.39 is 39.8 Å². The molecule has 0 radical (unpaired) electrons. The predicted octanol–water partition coefficient (Wildman–Crippen LogP) is 3.70. The molecule has 2 heterocycles. The van der Waals surface area contributed by atoms with Crippen molar-refractivity contribution in [3.63, 3.8) is 0 Å². The molecule has 0 unspecified atom stereocenters. The number of carbonyl (C=O) groups is 2. The number of aryl methyl sites for hydroxylation is 1. The average molecular weight is 515 g/mol. The van der Waals surface area contributed by atoms with Crippen LogP contribution in [0.4, 0.5) is 14.5 Å². The number of nitrogens with one attached hydrogen (secondary N) is 1. The zero-order chi connectivity index (χ0) is 26.1. The number of Topliss-reactive ketones (excluding diaryl/α,β-unsaturated/α-hetero) is 1. The molecule has 3 aromatic rings. The van der Waals surface area contributed by atoms with E-state index in [1.807, 2.05) is 0 Å². The van der Waals surface area contributed by atoms with Crippen LogP contribution in [0.25, 0.3) is 0 Å². The van der Waals surface area contributed by atoms with Crippen molar-refractivity contribution in [2.45, 2.75) is 49.3 Å². The van der Waals surface area contributed by atoms with Gasteiger partial charge in [-0.1, -0.05) is 19.1 Å². The van der Waals surface area contributed by atoms with Crippen molar-refractivity contribution >= 4 is 27.2 Å². The molecule has 0 aliphatic heterocycles. The Morgan fingerprint density at radius 3 is 2.14 bits per heavy atom. The zero-order valence-corrected chi connectivity index (χ0v) is 20.5. The molecule has 36 heavy (non-hydrogen) atoms. The number of hydrogen-bond acceptors (Lipinski definition) is 7. The van der Waals surface area contributed by atoms with E-state index in [4.69, 9.17) is 0 Å². The van der Waals surface area contributed by atoms with Crippen molar-refractivity contribution in [1.82, 2.24) is 15.0 Å². The van der Waals surface area contributed by atoms with Gasteiger partial charge < -0.3 is 5.32 Å². The second-order valence-corrected chi connectivity index (χ2v) is 11.1. The maximum Gasteiger partial charge on any atom is 0.250 e. The summed E-state index contributed by atoms with van der Waals surface area (Å²) in [6.07, 6.45) is 2.78. The van der Waals surface area contributed by atoms with Crippen molar-refractivity contribution in [3.05, 3.63) is 77.6 Å². The Hall–Kier alpha value is -3.60. The number of ketones is 1. The topological polar surface area (TPSA) is 119 Å². The van der Waals surface area contributed by atoms with Gasteiger partial charge in [0.1, 0.15) is 11.5 Å². The van der Waals surface area contributed by atoms with Crippen LogP contribution in [0.2, 0.25) is 0 Å². The summed E-state index contributed by atoms with van der Waals surface area (Å²) >= 11 is 0. The Labute approximate surface area is 207 Å². The average Bonchev–Trinajstić information content (AvgIpc) is 2.83. The maximum absolute atomic E-state index is 13.9. The van der Waals surface area contributed by atoms with Crippen LogP contribution in [-0.2, 0) is 26.5 Å². The molecular weight excluding hydrogens is 490 g/mol. The first-order chi connectivity index (χ1) is 16.9. The van der Waals surface area contributed by atoms with Crippen molar-refractivity contribution in [2.24, 2.45) is 0 Å². The zero-order valence-electron chi connectivity index (χ0n) is 19.7. The maximum atomic E-state index is 13.9. The molecule has 8 nitrogen and oxygen atoms in total. The minimum Gasteiger partial charge on any atom is -0.324 e. The summed E-state index contributed by atoms with van der Waals surface area (Å²) in [7, 11) is -3.32. The lowest BCUT2D eigenvalue weighted by Gasteiger charge is -2.45. The van der Waals surface area contributed by atoms with E-state index in [9.17, 15) is 26.8 Å². The molecule has 1 aliphatic carbocycles. The first kappa shape index (κ1) is 25.5. The standard InChI is InChI=1S/C25H24F2N4O4S/c1-3-36(34,35)20-7-4-17(5-8-20)10-22(32)31-19-6-9-21(30-13-19)23(33)24(14-25(26,27)15-24)18-11-28-16(2)29-12-18/h4-9,11-13H,3,10,14-15H2,1-2H3,(H,31,32). The molecule has 1 N–H and O–H groups in total. The number of pyridine rings is 1. The summed E-state index contributed by atoms with van der Waals surface area (Å²) < 4.78 is 51.6. The van der Waals surface area contributed by atoms with E-state index in [0.717, 1.165) is 0 Å². The van der Waals surface area contributed by atoms with Gasteiger partial charge in [-0.3, -0.25) is 14.6 Å². The molecule has 0 spiro atoms. The summed E-state index contributed by atoms with van der Waals surface area (Å²) in [6.45, 7) is 3.22. The minimum absolute atomic E-state index is 0.00124. The third-order valence-electron chi connectivity index (χ3n) is 6.20. The van der Waals surface area contributed by atoms with Crippen LogP contribution in [0.3, 0.4) is 0 Å². The van der Waals surface area contributed by atoms with Crippen LogP contribution in [0, 0.1) is 6.92 Å². The van der Waals surface area contributed by atoms with E-state index >= 15 is 0 Å². The van der Waals surface area contributed by atoms with E-state index in [2.05, 4.69) is 20.3 Å². The fraction of sp³-hybridized carbons (Fsp3) is 0.320. The summed E-state index contributed by atoms with van der Waals surface area (Å²) in [6, 6.07) is 8.93. The highest BCUT2D eigenvalue weighted by Gasteiger charge is 2.62. The normalized spacial score (nSPS) is 16.1. The first-order valence-corrected chi connectivity index (χ1v) is 12.9. The number of halogens is 2. The minimum atomic E-state index is -3.32. The number of aromatic nitrogens is 3. The number of carbonyl (C=O) groups excluding carboxylic acids is 2. The van der Waals surface area contributed by atoms with Gasteiger partial charge in [0.25, 0.3) is 5.92 Å². The number of anilines is 1. The van der Waals surface area contributed by atoms with Crippen LogP contribution in [0.1, 0.15) is 47.2 Å². The van der Waals surface area contributed by atoms with Crippen LogP contribution in [-0.4, -0.2) is 46.7 Å². The van der Waals surface area contributed by atoms with Crippen LogP contribution >= 0.6 is 0 Å². The molecule has 1 aromatic carbocycles. The van der Waals surface area contributed by atoms with Crippen molar-refractivity contribution in [3.8, 4) is 0 Å². The highest BCUT2D eigenvalue weighted by atomic mass is 32.2. The lowest BCUT2D eigenvalue weighted by Crippen LogP contribution is -2.54. The Bertz CT molecular complexity index is 1380. The molecule has 11 heteroatoms. The number of amides is 1. The van der Waals surface area contributed by atoms with Gasteiger partial charge in [0.05, 0.1) is 34.4 Å².